The van der Waals surface area contributed by atoms with Crippen molar-refractivity contribution in [1.29, 1.82) is 0 Å². The summed E-state index contributed by atoms with van der Waals surface area (Å²) < 4.78 is 50.4. The van der Waals surface area contributed by atoms with Crippen LogP contribution in [0.3, 0.4) is 0 Å². The highest BCUT2D eigenvalue weighted by Gasteiger charge is 2.46. The summed E-state index contributed by atoms with van der Waals surface area (Å²) in [6.45, 7) is 17.0. The average molecular weight is 939 g/mol. The van der Waals surface area contributed by atoms with E-state index in [9.17, 15) is 27.6 Å². The van der Waals surface area contributed by atoms with E-state index < -0.39 is 51.0 Å². The molecule has 3 atom stereocenters. The lowest BCUT2D eigenvalue weighted by Gasteiger charge is -2.47. The lowest BCUT2D eigenvalue weighted by atomic mass is 9.94. The van der Waals surface area contributed by atoms with Crippen LogP contribution in [0.15, 0.2) is 71.8 Å². The number of likely N-dealkylation sites (tertiary alicyclic amines) is 1. The second-order valence-electron chi connectivity index (χ2n) is 19.1. The number of hydrogen-bond acceptors (Lipinski definition) is 14. The number of sulfonamides is 1. The number of piperidine rings is 2. The molecule has 17 nitrogen and oxygen atoms in total. The highest BCUT2D eigenvalue weighted by Crippen LogP contribution is 2.36. The third kappa shape index (κ3) is 10.9. The fraction of sp³-hybridized carbons (Fsp3) is 0.458. The molecule has 4 aromatic rings. The highest BCUT2D eigenvalue weighted by molar-refractivity contribution is 7.89. The van der Waals surface area contributed by atoms with Crippen molar-refractivity contribution in [2.24, 2.45) is 5.92 Å². The van der Waals surface area contributed by atoms with Crippen molar-refractivity contribution in [3.05, 3.63) is 89.4 Å². The lowest BCUT2D eigenvalue weighted by Crippen LogP contribution is -2.58. The molecule has 4 aliphatic heterocycles. The lowest BCUT2D eigenvalue weighted by molar-refractivity contribution is -0.136. The first kappa shape index (κ1) is 47.5. The second-order valence-corrected chi connectivity index (χ2v) is 20.8. The minimum absolute atomic E-state index is 0.0120. The van der Waals surface area contributed by atoms with Crippen LogP contribution in [0.5, 0.6) is 5.75 Å². The number of imide groups is 2. The summed E-state index contributed by atoms with van der Waals surface area (Å²) in [5, 5.41) is 8.66. The van der Waals surface area contributed by atoms with E-state index >= 15 is 4.39 Å². The molecule has 0 spiro atoms. The number of nitrogens with one attached hydrogen (secondary N) is 4. The maximum atomic E-state index is 15.8. The van der Waals surface area contributed by atoms with Gasteiger partial charge in [0.2, 0.25) is 27.8 Å². The van der Waals surface area contributed by atoms with E-state index in [-0.39, 0.29) is 46.6 Å². The number of piperazine rings is 1. The third-order valence-electron chi connectivity index (χ3n) is 12.6. The Morgan fingerprint density at radius 2 is 1.55 bits per heavy atom. The van der Waals surface area contributed by atoms with Crippen LogP contribution >= 0.6 is 0 Å². The molecular formula is C48H59FN10O7S. The maximum absolute atomic E-state index is 15.8. The highest BCUT2D eigenvalue weighted by atomic mass is 32.2. The van der Waals surface area contributed by atoms with Crippen molar-refractivity contribution in [3.63, 3.8) is 0 Å². The van der Waals surface area contributed by atoms with Crippen molar-refractivity contribution in [1.82, 2.24) is 34.7 Å². The average Bonchev–Trinajstić information content (AvgIpc) is 3.49. The van der Waals surface area contributed by atoms with Gasteiger partial charge < -0.3 is 20.3 Å². The van der Waals surface area contributed by atoms with Gasteiger partial charge in [-0.05, 0) is 134 Å². The van der Waals surface area contributed by atoms with E-state index in [0.29, 0.717) is 30.0 Å². The Kier molecular flexibility index (Phi) is 13.7. The molecule has 3 aromatic carbocycles. The quantitative estimate of drug-likeness (QED) is 0.114. The first-order valence-electron chi connectivity index (χ1n) is 22.8. The number of halogens is 1. The van der Waals surface area contributed by atoms with Gasteiger partial charge in [-0.3, -0.25) is 39.2 Å². The Balaban J connectivity index is 0.773. The Hall–Kier alpha value is -6.02. The molecule has 3 saturated heterocycles. The number of rotatable bonds is 14. The van der Waals surface area contributed by atoms with Crippen LogP contribution in [-0.4, -0.2) is 126 Å². The topological polar surface area (TPSA) is 199 Å². The standard InChI is InChI=1S/C48H59FN10O7S/c1-29-25-50-47(54-43(29)51-34-8-7-9-36(22-34)67(64,65)55-48(4,5)6)52-33-10-12-35(13-11-33)66-21-20-56-18-16-32(17-19-56)28-57-26-30(2)58(31(3)27-57)41-24-38-37(23-39(41)49)45(62)59(46(38)63)40-14-15-42(60)53-44(40)61/h7-13,22-25,30-32,40,55H,14-21,26-28H2,1-6H3,(H,53,60,61)(H2,50,51,52,54). The van der Waals surface area contributed by atoms with Gasteiger partial charge in [0, 0.05) is 73.4 Å². The summed E-state index contributed by atoms with van der Waals surface area (Å²) in [6, 6.07) is 15.5. The summed E-state index contributed by atoms with van der Waals surface area (Å²) in [4.78, 5) is 67.9. The van der Waals surface area contributed by atoms with Gasteiger partial charge in [0.15, 0.2) is 0 Å². The van der Waals surface area contributed by atoms with Crippen molar-refractivity contribution in [2.45, 2.75) is 95.8 Å². The molecule has 4 aliphatic rings. The minimum atomic E-state index is -3.71. The molecule has 67 heavy (non-hydrogen) atoms. The van der Waals surface area contributed by atoms with Gasteiger partial charge in [-0.15, -0.1) is 0 Å². The molecule has 0 bridgehead atoms. The van der Waals surface area contributed by atoms with Gasteiger partial charge in [-0.1, -0.05) is 6.07 Å². The minimum Gasteiger partial charge on any atom is -0.492 e. The number of amides is 4. The molecule has 4 N–H and O–H groups in total. The smallest absolute Gasteiger partial charge is 0.262 e. The second kappa shape index (κ2) is 19.3. The summed E-state index contributed by atoms with van der Waals surface area (Å²) >= 11 is 0. The number of nitrogens with zero attached hydrogens (tertiary/aromatic N) is 6. The van der Waals surface area contributed by atoms with Crippen molar-refractivity contribution < 1.29 is 36.7 Å². The largest absolute Gasteiger partial charge is 0.492 e. The number of ether oxygens (including phenoxy) is 1. The first-order valence-corrected chi connectivity index (χ1v) is 24.3. The zero-order chi connectivity index (χ0) is 47.8. The number of anilines is 5. The number of benzene rings is 3. The first-order chi connectivity index (χ1) is 31.8. The fourth-order valence-corrected chi connectivity index (χ4v) is 11.0. The van der Waals surface area contributed by atoms with Gasteiger partial charge in [0.1, 0.15) is 30.0 Å². The molecule has 5 heterocycles. The number of fused-ring (bicyclic) bond motifs is 1. The number of hydrogen-bond donors (Lipinski definition) is 4. The van der Waals surface area contributed by atoms with E-state index in [1.807, 2.05) is 49.9 Å². The van der Waals surface area contributed by atoms with Gasteiger partial charge >= 0.3 is 0 Å². The van der Waals surface area contributed by atoms with E-state index in [1.165, 1.54) is 6.07 Å². The van der Waals surface area contributed by atoms with Crippen molar-refractivity contribution in [3.8, 4) is 5.75 Å². The summed E-state index contributed by atoms with van der Waals surface area (Å²) in [6.07, 6.45) is 3.86. The Bertz CT molecular complexity index is 2640. The van der Waals surface area contributed by atoms with Crippen LogP contribution in [0.25, 0.3) is 0 Å². The van der Waals surface area contributed by atoms with E-state index in [0.717, 1.165) is 80.1 Å². The molecular weight excluding hydrogens is 880 g/mol. The SMILES string of the molecule is Cc1cnc(Nc2ccc(OCCN3CCC(CN4CC(C)N(c5cc6c(cc5F)C(=O)N(C5CCC(=O)NC5=O)C6=O)C(C)C4)CC3)cc2)nc1Nc1cccc(S(=O)(=O)NC(C)(C)C)c1. The summed E-state index contributed by atoms with van der Waals surface area (Å²) in [7, 11) is -3.71. The predicted molar refractivity (Wildman–Crippen MR) is 252 cm³/mol. The Morgan fingerprint density at radius 3 is 2.22 bits per heavy atom. The monoisotopic (exact) mass is 938 g/mol. The van der Waals surface area contributed by atoms with E-state index in [1.54, 1.807) is 51.2 Å². The van der Waals surface area contributed by atoms with Gasteiger partial charge in [-0.2, -0.15) is 4.98 Å². The predicted octanol–water partition coefficient (Wildman–Crippen LogP) is 5.58. The van der Waals surface area contributed by atoms with Gasteiger partial charge in [-0.25, -0.2) is 22.5 Å². The molecule has 0 saturated carbocycles. The Labute approximate surface area is 390 Å². The zero-order valence-electron chi connectivity index (χ0n) is 38.8. The molecule has 19 heteroatoms. The molecule has 0 aliphatic carbocycles. The van der Waals surface area contributed by atoms with Crippen LogP contribution in [-0.2, 0) is 19.6 Å². The van der Waals surface area contributed by atoms with Gasteiger partial charge in [0.05, 0.1) is 21.7 Å². The molecule has 3 fully saturated rings. The number of aromatic nitrogens is 2. The number of aryl methyl sites for hydroxylation is 1. The molecule has 8 rings (SSSR count). The van der Waals surface area contributed by atoms with Gasteiger partial charge in [0.25, 0.3) is 11.8 Å². The molecule has 3 unspecified atom stereocenters. The fourth-order valence-electron chi connectivity index (χ4n) is 9.52. The zero-order valence-corrected chi connectivity index (χ0v) is 39.6. The van der Waals surface area contributed by atoms with Crippen molar-refractivity contribution >= 4 is 62.5 Å². The van der Waals surface area contributed by atoms with Crippen LogP contribution in [0.2, 0.25) is 0 Å². The molecule has 356 valence electrons. The van der Waals surface area contributed by atoms with E-state index in [4.69, 9.17) is 4.74 Å². The van der Waals surface area contributed by atoms with Crippen LogP contribution in [0.1, 0.15) is 86.6 Å². The van der Waals surface area contributed by atoms with Crippen LogP contribution in [0, 0.1) is 18.7 Å². The number of carbonyl (C=O) groups is 4. The maximum Gasteiger partial charge on any atom is 0.262 e. The number of carbonyl (C=O) groups excluding carboxylic acids is 4. The van der Waals surface area contributed by atoms with E-state index in [2.05, 4.69) is 40.4 Å². The Morgan fingerprint density at radius 1 is 0.866 bits per heavy atom. The van der Waals surface area contributed by atoms with Crippen LogP contribution in [0.4, 0.5) is 33.2 Å². The summed E-state index contributed by atoms with van der Waals surface area (Å²) in [5.41, 5.74) is 1.79. The molecule has 4 amide bonds. The van der Waals surface area contributed by atoms with Crippen molar-refractivity contribution in [2.75, 3.05) is 61.4 Å². The normalized spacial score (nSPS) is 21.1. The van der Waals surface area contributed by atoms with Crippen LogP contribution < -0.4 is 30.3 Å². The summed E-state index contributed by atoms with van der Waals surface area (Å²) in [5.74, 6) is -0.928. The molecule has 0 radical (unpaired) electrons. The third-order valence-corrected chi connectivity index (χ3v) is 14.4. The molecule has 1 aromatic heterocycles.